The number of likely N-dealkylation sites (tertiary alicyclic amines) is 1. The highest BCUT2D eigenvalue weighted by molar-refractivity contribution is 5.77. The van der Waals surface area contributed by atoms with Crippen LogP contribution in [0.1, 0.15) is 46.0 Å². The third-order valence-electron chi connectivity index (χ3n) is 3.45. The smallest absolute Gasteiger partial charge is 0.305 e. The fourth-order valence-corrected chi connectivity index (χ4v) is 2.39. The molecule has 18 heavy (non-hydrogen) atoms. The van der Waals surface area contributed by atoms with E-state index >= 15 is 0 Å². The van der Waals surface area contributed by atoms with Crippen molar-refractivity contribution in [3.63, 3.8) is 0 Å². The van der Waals surface area contributed by atoms with Crippen LogP contribution in [0.2, 0.25) is 0 Å². The molecule has 2 atom stereocenters. The van der Waals surface area contributed by atoms with E-state index in [0.29, 0.717) is 12.5 Å². The number of nitrogens with one attached hydrogen (secondary N) is 1. The van der Waals surface area contributed by atoms with E-state index in [9.17, 15) is 9.59 Å². The molecule has 0 saturated carbocycles. The van der Waals surface area contributed by atoms with Crippen LogP contribution in [0, 0.1) is 0 Å². The van der Waals surface area contributed by atoms with Crippen LogP contribution in [0.25, 0.3) is 0 Å². The number of carboxylic acid groups (broad SMARTS) is 1. The minimum absolute atomic E-state index is 0.0220. The predicted molar refractivity (Wildman–Crippen MR) is 69.4 cm³/mol. The third kappa shape index (κ3) is 5.49. The lowest BCUT2D eigenvalue weighted by Gasteiger charge is -2.33. The maximum Gasteiger partial charge on any atom is 0.305 e. The van der Waals surface area contributed by atoms with Crippen LogP contribution in [0.5, 0.6) is 0 Å². The number of piperidine rings is 1. The second-order valence-electron chi connectivity index (χ2n) is 5.20. The number of carbonyl (C=O) groups is 2. The average Bonchev–Trinajstić information content (AvgIpc) is 2.26. The summed E-state index contributed by atoms with van der Waals surface area (Å²) in [4.78, 5) is 24.5. The van der Waals surface area contributed by atoms with Crippen LogP contribution in [0.3, 0.4) is 0 Å². The molecule has 1 fully saturated rings. The Morgan fingerprint density at radius 3 is 2.78 bits per heavy atom. The first kappa shape index (κ1) is 15.0. The molecule has 1 aliphatic heterocycles. The van der Waals surface area contributed by atoms with Gasteiger partial charge in [0.15, 0.2) is 0 Å². The van der Waals surface area contributed by atoms with Gasteiger partial charge in [-0.05, 0) is 33.2 Å². The van der Waals surface area contributed by atoms with Crippen molar-refractivity contribution in [3.8, 4) is 0 Å². The zero-order valence-corrected chi connectivity index (χ0v) is 11.3. The first-order valence-electron chi connectivity index (χ1n) is 6.74. The molecule has 0 aromatic rings. The summed E-state index contributed by atoms with van der Waals surface area (Å²) in [5.74, 6) is -0.936. The van der Waals surface area contributed by atoms with Gasteiger partial charge in [0.05, 0.1) is 6.42 Å². The molecule has 1 amide bonds. The second-order valence-corrected chi connectivity index (χ2v) is 5.20. The minimum Gasteiger partial charge on any atom is -0.481 e. The van der Waals surface area contributed by atoms with E-state index in [2.05, 4.69) is 17.1 Å². The standard InChI is InChI=1S/C13H24N2O3/c1-10(9-13(17)18)14-12(16)6-8-15-7-4-3-5-11(15)2/h10-11H,3-9H2,1-2H3,(H,14,16)(H,17,18). The number of amides is 1. The first-order valence-corrected chi connectivity index (χ1v) is 6.74. The van der Waals surface area contributed by atoms with Gasteiger partial charge in [0.2, 0.25) is 5.91 Å². The molecule has 5 nitrogen and oxygen atoms in total. The Morgan fingerprint density at radius 2 is 2.17 bits per heavy atom. The largest absolute Gasteiger partial charge is 0.481 e. The number of hydrogen-bond donors (Lipinski definition) is 2. The van der Waals surface area contributed by atoms with E-state index in [-0.39, 0.29) is 18.4 Å². The van der Waals surface area contributed by atoms with Gasteiger partial charge in [-0.3, -0.25) is 9.59 Å². The Labute approximate surface area is 109 Å². The number of aliphatic carboxylic acids is 1. The van der Waals surface area contributed by atoms with E-state index in [4.69, 9.17) is 5.11 Å². The summed E-state index contributed by atoms with van der Waals surface area (Å²) in [6, 6.07) is 0.261. The van der Waals surface area contributed by atoms with E-state index in [1.54, 1.807) is 6.92 Å². The summed E-state index contributed by atoms with van der Waals surface area (Å²) < 4.78 is 0. The molecule has 0 bridgehead atoms. The first-order chi connectivity index (χ1) is 8.49. The SMILES string of the molecule is CC(CC(=O)O)NC(=O)CCN1CCCCC1C. The summed E-state index contributed by atoms with van der Waals surface area (Å²) in [6.07, 6.45) is 4.12. The summed E-state index contributed by atoms with van der Waals surface area (Å²) in [6.45, 7) is 5.76. The van der Waals surface area contributed by atoms with Crippen molar-refractivity contribution in [2.75, 3.05) is 13.1 Å². The second kappa shape index (κ2) is 7.36. The molecule has 2 unspecified atom stereocenters. The Balaban J connectivity index is 2.21. The lowest BCUT2D eigenvalue weighted by atomic mass is 10.0. The molecule has 0 spiro atoms. The Morgan fingerprint density at radius 1 is 1.44 bits per heavy atom. The van der Waals surface area contributed by atoms with Crippen LogP contribution < -0.4 is 5.32 Å². The topological polar surface area (TPSA) is 69.6 Å². The number of hydrogen-bond acceptors (Lipinski definition) is 3. The van der Waals surface area contributed by atoms with E-state index in [1.165, 1.54) is 19.3 Å². The van der Waals surface area contributed by atoms with Crippen molar-refractivity contribution in [2.24, 2.45) is 0 Å². The minimum atomic E-state index is -0.882. The average molecular weight is 256 g/mol. The highest BCUT2D eigenvalue weighted by atomic mass is 16.4. The summed E-state index contributed by atoms with van der Waals surface area (Å²) in [7, 11) is 0. The van der Waals surface area contributed by atoms with Gasteiger partial charge in [-0.25, -0.2) is 0 Å². The summed E-state index contributed by atoms with van der Waals surface area (Å²) in [5.41, 5.74) is 0. The molecule has 1 heterocycles. The molecule has 1 saturated heterocycles. The van der Waals surface area contributed by atoms with Crippen LogP contribution in [0.4, 0.5) is 0 Å². The van der Waals surface area contributed by atoms with Gasteiger partial charge in [-0.15, -0.1) is 0 Å². The molecule has 0 radical (unpaired) electrons. The number of nitrogens with zero attached hydrogens (tertiary/aromatic N) is 1. The lowest BCUT2D eigenvalue weighted by Crippen LogP contribution is -2.41. The zero-order chi connectivity index (χ0) is 13.5. The molecule has 0 aliphatic carbocycles. The van der Waals surface area contributed by atoms with Crippen LogP contribution >= 0.6 is 0 Å². The number of rotatable bonds is 6. The maximum atomic E-state index is 11.7. The molecular formula is C13H24N2O3. The maximum absolute atomic E-state index is 11.7. The predicted octanol–water partition coefficient (Wildman–Crippen LogP) is 1.23. The molecule has 5 heteroatoms. The van der Waals surface area contributed by atoms with Gasteiger partial charge in [0.25, 0.3) is 0 Å². The van der Waals surface area contributed by atoms with Crippen molar-refractivity contribution in [3.05, 3.63) is 0 Å². The van der Waals surface area contributed by atoms with Gasteiger partial charge in [-0.2, -0.15) is 0 Å². The molecule has 1 rings (SSSR count). The highest BCUT2D eigenvalue weighted by Crippen LogP contribution is 2.16. The van der Waals surface area contributed by atoms with Crippen LogP contribution in [-0.2, 0) is 9.59 Å². The molecule has 0 aromatic carbocycles. The number of carboxylic acids is 1. The lowest BCUT2D eigenvalue weighted by molar-refractivity contribution is -0.137. The zero-order valence-electron chi connectivity index (χ0n) is 11.3. The molecule has 2 N–H and O–H groups in total. The summed E-state index contributed by atoms with van der Waals surface area (Å²) >= 11 is 0. The molecule has 104 valence electrons. The van der Waals surface area contributed by atoms with Crippen molar-refractivity contribution in [2.45, 2.75) is 58.0 Å². The van der Waals surface area contributed by atoms with Gasteiger partial charge in [-0.1, -0.05) is 6.42 Å². The molecular weight excluding hydrogens is 232 g/mol. The van der Waals surface area contributed by atoms with E-state index in [1.807, 2.05) is 0 Å². The Bertz CT molecular complexity index is 294. The van der Waals surface area contributed by atoms with Gasteiger partial charge in [0, 0.05) is 25.0 Å². The van der Waals surface area contributed by atoms with E-state index in [0.717, 1.165) is 13.1 Å². The monoisotopic (exact) mass is 256 g/mol. The van der Waals surface area contributed by atoms with Gasteiger partial charge in [0.1, 0.15) is 0 Å². The fraction of sp³-hybridized carbons (Fsp3) is 0.846. The van der Waals surface area contributed by atoms with Crippen molar-refractivity contribution < 1.29 is 14.7 Å². The third-order valence-corrected chi connectivity index (χ3v) is 3.45. The fourth-order valence-electron chi connectivity index (χ4n) is 2.39. The Kier molecular flexibility index (Phi) is 6.12. The van der Waals surface area contributed by atoms with Crippen LogP contribution in [0.15, 0.2) is 0 Å². The van der Waals surface area contributed by atoms with Gasteiger partial charge >= 0.3 is 5.97 Å². The molecule has 0 aromatic heterocycles. The van der Waals surface area contributed by atoms with E-state index < -0.39 is 5.97 Å². The Hall–Kier alpha value is -1.10. The van der Waals surface area contributed by atoms with Crippen molar-refractivity contribution >= 4 is 11.9 Å². The normalized spacial score (nSPS) is 22.4. The highest BCUT2D eigenvalue weighted by Gasteiger charge is 2.19. The van der Waals surface area contributed by atoms with Gasteiger partial charge < -0.3 is 15.3 Å². The quantitative estimate of drug-likeness (QED) is 0.750. The molecule has 1 aliphatic rings. The number of carbonyl (C=O) groups excluding carboxylic acids is 1. The van der Waals surface area contributed by atoms with Crippen molar-refractivity contribution in [1.29, 1.82) is 0 Å². The van der Waals surface area contributed by atoms with Crippen LogP contribution in [-0.4, -0.2) is 47.1 Å². The summed E-state index contributed by atoms with van der Waals surface area (Å²) in [5, 5.41) is 11.3. The van der Waals surface area contributed by atoms with Crippen molar-refractivity contribution in [1.82, 2.24) is 10.2 Å².